The maximum atomic E-state index is 11.2. The van der Waals surface area contributed by atoms with Crippen LogP contribution < -0.4 is 5.32 Å². The van der Waals surface area contributed by atoms with Crippen molar-refractivity contribution in [3.05, 3.63) is 29.3 Å². The van der Waals surface area contributed by atoms with Gasteiger partial charge < -0.3 is 9.84 Å². The van der Waals surface area contributed by atoms with Crippen molar-refractivity contribution in [1.29, 1.82) is 0 Å². The molecule has 17 heavy (non-hydrogen) atoms. The zero-order chi connectivity index (χ0) is 12.7. The summed E-state index contributed by atoms with van der Waals surface area (Å²) in [5.41, 5.74) is 2.35. The molecule has 1 amide bonds. The number of aliphatic hydroxyl groups is 1. The van der Waals surface area contributed by atoms with Crippen molar-refractivity contribution in [2.75, 3.05) is 18.5 Å². The Balaban J connectivity index is 2.85. The van der Waals surface area contributed by atoms with Gasteiger partial charge in [-0.3, -0.25) is 5.32 Å². The molecule has 4 heteroatoms. The van der Waals surface area contributed by atoms with Crippen LogP contribution in [0.2, 0.25) is 0 Å². The van der Waals surface area contributed by atoms with Gasteiger partial charge in [0.2, 0.25) is 0 Å². The average Bonchev–Trinajstić information content (AvgIpc) is 2.25. The van der Waals surface area contributed by atoms with Crippen LogP contribution in [0.4, 0.5) is 10.5 Å². The summed E-state index contributed by atoms with van der Waals surface area (Å²) in [5.74, 6) is 5.35. The summed E-state index contributed by atoms with van der Waals surface area (Å²) in [6, 6.07) is 5.42. The van der Waals surface area contributed by atoms with Crippen molar-refractivity contribution >= 4 is 11.8 Å². The third kappa shape index (κ3) is 4.58. The maximum Gasteiger partial charge on any atom is 0.411 e. The van der Waals surface area contributed by atoms with Crippen LogP contribution in [0.5, 0.6) is 0 Å². The Kier molecular flexibility index (Phi) is 5.05. The molecule has 0 bridgehead atoms. The van der Waals surface area contributed by atoms with Gasteiger partial charge in [0.15, 0.2) is 0 Å². The first-order valence-corrected chi connectivity index (χ1v) is 5.31. The molecule has 1 aromatic carbocycles. The number of hydrogen-bond acceptors (Lipinski definition) is 3. The smallest absolute Gasteiger partial charge is 0.411 e. The highest BCUT2D eigenvalue weighted by molar-refractivity contribution is 5.85. The molecule has 0 aliphatic rings. The summed E-state index contributed by atoms with van der Waals surface area (Å²) in [7, 11) is 0. The van der Waals surface area contributed by atoms with E-state index in [1.54, 1.807) is 13.0 Å². The lowest BCUT2D eigenvalue weighted by atomic mass is 10.1. The Hall–Kier alpha value is -1.99. The second-order valence-corrected chi connectivity index (χ2v) is 3.39. The summed E-state index contributed by atoms with van der Waals surface area (Å²) in [6.07, 6.45) is -0.487. The predicted octanol–water partition coefficient (Wildman–Crippen LogP) is 1.91. The van der Waals surface area contributed by atoms with E-state index in [2.05, 4.69) is 17.2 Å². The molecule has 0 spiro atoms. The third-order valence-electron chi connectivity index (χ3n) is 1.91. The molecule has 0 saturated heterocycles. The number of carbonyl (C=O) groups excluding carboxylic acids is 1. The van der Waals surface area contributed by atoms with E-state index in [4.69, 9.17) is 9.84 Å². The van der Waals surface area contributed by atoms with Crippen LogP contribution in [0.3, 0.4) is 0 Å². The molecule has 1 rings (SSSR count). The molecule has 90 valence electrons. The van der Waals surface area contributed by atoms with Crippen molar-refractivity contribution < 1.29 is 14.6 Å². The Morgan fingerprint density at radius 2 is 2.24 bits per heavy atom. The molecule has 0 atom stereocenters. The van der Waals surface area contributed by atoms with Crippen LogP contribution in [-0.2, 0) is 4.74 Å². The van der Waals surface area contributed by atoms with Gasteiger partial charge in [0, 0.05) is 11.3 Å². The first-order valence-electron chi connectivity index (χ1n) is 5.31. The van der Waals surface area contributed by atoms with E-state index in [0.29, 0.717) is 12.3 Å². The first-order chi connectivity index (χ1) is 8.15. The second-order valence-electron chi connectivity index (χ2n) is 3.39. The van der Waals surface area contributed by atoms with E-state index >= 15 is 0 Å². The first kappa shape index (κ1) is 13.1. The number of carbonyl (C=O) groups is 1. The zero-order valence-electron chi connectivity index (χ0n) is 9.91. The molecular formula is C13H15NO3. The van der Waals surface area contributed by atoms with Gasteiger partial charge in [-0.05, 0) is 37.6 Å². The predicted molar refractivity (Wildman–Crippen MR) is 65.8 cm³/mol. The van der Waals surface area contributed by atoms with Crippen molar-refractivity contribution in [3.8, 4) is 11.8 Å². The van der Waals surface area contributed by atoms with E-state index in [-0.39, 0.29) is 6.61 Å². The number of anilines is 1. The molecule has 0 aliphatic carbocycles. The summed E-state index contributed by atoms with van der Waals surface area (Å²) in [5, 5.41) is 11.2. The molecular weight excluding hydrogens is 218 g/mol. The number of rotatable bonds is 2. The number of ether oxygens (including phenoxy) is 1. The Labute approximate surface area is 101 Å². The average molecular weight is 233 g/mol. The lowest BCUT2D eigenvalue weighted by molar-refractivity contribution is 0.168. The largest absolute Gasteiger partial charge is 0.450 e. The van der Waals surface area contributed by atoms with Gasteiger partial charge in [-0.25, -0.2) is 4.79 Å². The van der Waals surface area contributed by atoms with E-state index in [1.807, 2.05) is 19.1 Å². The zero-order valence-corrected chi connectivity index (χ0v) is 9.91. The molecule has 0 radical (unpaired) electrons. The fourth-order valence-corrected chi connectivity index (χ4v) is 1.35. The number of aryl methyl sites for hydroxylation is 1. The van der Waals surface area contributed by atoms with Crippen molar-refractivity contribution in [1.82, 2.24) is 0 Å². The minimum Gasteiger partial charge on any atom is -0.450 e. The molecule has 4 nitrogen and oxygen atoms in total. The van der Waals surface area contributed by atoms with E-state index in [1.165, 1.54) is 0 Å². The van der Waals surface area contributed by atoms with Gasteiger partial charge in [-0.1, -0.05) is 11.8 Å². The molecule has 0 unspecified atom stereocenters. The van der Waals surface area contributed by atoms with Crippen LogP contribution in [0.1, 0.15) is 18.1 Å². The molecule has 0 aromatic heterocycles. The van der Waals surface area contributed by atoms with Crippen LogP contribution in [-0.4, -0.2) is 24.4 Å². The summed E-state index contributed by atoms with van der Waals surface area (Å²) >= 11 is 0. The Morgan fingerprint density at radius 3 is 2.88 bits per heavy atom. The maximum absolute atomic E-state index is 11.2. The number of aliphatic hydroxyl groups excluding tert-OH is 1. The fourth-order valence-electron chi connectivity index (χ4n) is 1.35. The van der Waals surface area contributed by atoms with Gasteiger partial charge in [0.1, 0.15) is 6.61 Å². The SMILES string of the molecule is CCOC(=O)Nc1cc(C)cc(C#CCO)c1. The van der Waals surface area contributed by atoms with Crippen molar-refractivity contribution in [2.24, 2.45) is 0 Å². The molecule has 0 saturated carbocycles. The second kappa shape index (κ2) is 6.56. The topological polar surface area (TPSA) is 58.6 Å². The lowest BCUT2D eigenvalue weighted by Gasteiger charge is -2.06. The summed E-state index contributed by atoms with van der Waals surface area (Å²) < 4.78 is 4.78. The highest BCUT2D eigenvalue weighted by Crippen LogP contribution is 2.14. The fraction of sp³-hybridized carbons (Fsp3) is 0.308. The number of hydrogen-bond donors (Lipinski definition) is 2. The van der Waals surface area contributed by atoms with Gasteiger partial charge in [0.25, 0.3) is 0 Å². The molecule has 2 N–H and O–H groups in total. The highest BCUT2D eigenvalue weighted by atomic mass is 16.5. The monoisotopic (exact) mass is 233 g/mol. The Morgan fingerprint density at radius 1 is 1.47 bits per heavy atom. The van der Waals surface area contributed by atoms with Crippen LogP contribution in [0.25, 0.3) is 0 Å². The Bertz CT molecular complexity index is 457. The van der Waals surface area contributed by atoms with Crippen LogP contribution in [0.15, 0.2) is 18.2 Å². The standard InChI is InChI=1S/C13H15NO3/c1-3-17-13(16)14-12-8-10(2)7-11(9-12)5-4-6-15/h7-9,15H,3,6H2,1-2H3,(H,14,16). The van der Waals surface area contributed by atoms with Gasteiger partial charge in [-0.2, -0.15) is 0 Å². The number of amides is 1. The van der Waals surface area contributed by atoms with Gasteiger partial charge in [0.05, 0.1) is 6.61 Å². The van der Waals surface area contributed by atoms with Gasteiger partial charge >= 0.3 is 6.09 Å². The van der Waals surface area contributed by atoms with Gasteiger partial charge in [-0.15, -0.1) is 0 Å². The third-order valence-corrected chi connectivity index (χ3v) is 1.91. The van der Waals surface area contributed by atoms with Crippen LogP contribution >= 0.6 is 0 Å². The minimum atomic E-state index is -0.487. The van der Waals surface area contributed by atoms with E-state index < -0.39 is 6.09 Å². The van der Waals surface area contributed by atoms with E-state index in [0.717, 1.165) is 11.1 Å². The minimum absolute atomic E-state index is 0.186. The molecule has 0 aliphatic heterocycles. The normalized spacial score (nSPS) is 9.12. The van der Waals surface area contributed by atoms with Crippen molar-refractivity contribution in [2.45, 2.75) is 13.8 Å². The number of benzene rings is 1. The summed E-state index contributed by atoms with van der Waals surface area (Å²) in [4.78, 5) is 11.2. The highest BCUT2D eigenvalue weighted by Gasteiger charge is 2.03. The molecule has 0 heterocycles. The van der Waals surface area contributed by atoms with E-state index in [9.17, 15) is 4.79 Å². The summed E-state index contributed by atoms with van der Waals surface area (Å²) in [6.45, 7) is 3.79. The molecule has 0 fully saturated rings. The number of nitrogens with one attached hydrogen (secondary N) is 1. The van der Waals surface area contributed by atoms with Crippen molar-refractivity contribution in [3.63, 3.8) is 0 Å². The quantitative estimate of drug-likeness (QED) is 0.767. The molecule has 1 aromatic rings. The van der Waals surface area contributed by atoms with Crippen LogP contribution in [0, 0.1) is 18.8 Å². The lowest BCUT2D eigenvalue weighted by Crippen LogP contribution is -2.13.